The molecule has 2 aromatic rings. The van der Waals surface area contributed by atoms with Crippen LogP contribution in [0.25, 0.3) is 6.08 Å². The van der Waals surface area contributed by atoms with Crippen LogP contribution in [0, 0.1) is 0 Å². The van der Waals surface area contributed by atoms with Crippen LogP contribution < -0.4 is 14.2 Å². The van der Waals surface area contributed by atoms with Crippen molar-refractivity contribution < 1.29 is 24.1 Å². The van der Waals surface area contributed by atoms with Gasteiger partial charge in [-0.25, -0.2) is 0 Å². The second-order valence-electron chi connectivity index (χ2n) is 5.05. The van der Waals surface area contributed by atoms with Crippen LogP contribution in [0.5, 0.6) is 23.0 Å². The number of aromatic hydroxyl groups is 1. The molecular weight excluding hydrogens is 388 g/mol. The number of allylic oxidation sites excluding steroid dienone is 1. The first-order chi connectivity index (χ1) is 12.0. The summed E-state index contributed by atoms with van der Waals surface area (Å²) in [6.45, 7) is 2.41. The molecule has 5 nitrogen and oxygen atoms in total. The Bertz CT molecular complexity index is 799. The standard InChI is InChI=1S/C19H19BrO5/c1-4-25-19-14(20)9-12(10-18(19)24-3)5-7-15(21)13-6-8-16(22)17(11-13)23-2/h5-11,22H,4H2,1-3H3. The molecule has 0 saturated carbocycles. The van der Waals surface area contributed by atoms with Gasteiger partial charge in [-0.3, -0.25) is 4.79 Å². The van der Waals surface area contributed by atoms with Gasteiger partial charge in [-0.15, -0.1) is 0 Å². The molecule has 0 heterocycles. The average molecular weight is 407 g/mol. The van der Waals surface area contributed by atoms with Crippen molar-refractivity contribution in [2.24, 2.45) is 0 Å². The van der Waals surface area contributed by atoms with Gasteiger partial charge in [0.2, 0.25) is 0 Å². The molecule has 1 N–H and O–H groups in total. The number of halogens is 1. The Morgan fingerprint density at radius 1 is 1.16 bits per heavy atom. The zero-order valence-electron chi connectivity index (χ0n) is 14.2. The van der Waals surface area contributed by atoms with Gasteiger partial charge in [-0.05, 0) is 64.8 Å². The highest BCUT2D eigenvalue weighted by atomic mass is 79.9. The lowest BCUT2D eigenvalue weighted by molar-refractivity contribution is 0.104. The number of benzene rings is 2. The highest BCUT2D eigenvalue weighted by Crippen LogP contribution is 2.37. The van der Waals surface area contributed by atoms with Gasteiger partial charge in [-0.1, -0.05) is 6.08 Å². The maximum Gasteiger partial charge on any atom is 0.185 e. The van der Waals surface area contributed by atoms with E-state index < -0.39 is 0 Å². The summed E-state index contributed by atoms with van der Waals surface area (Å²) in [5.74, 6) is 1.24. The van der Waals surface area contributed by atoms with E-state index in [1.165, 1.54) is 25.3 Å². The zero-order valence-corrected chi connectivity index (χ0v) is 15.8. The fraction of sp³-hybridized carbons (Fsp3) is 0.211. The molecule has 2 rings (SSSR count). The van der Waals surface area contributed by atoms with Crippen LogP contribution in [-0.2, 0) is 0 Å². The minimum atomic E-state index is -0.206. The second kappa shape index (κ2) is 8.58. The SMILES string of the molecule is CCOc1c(Br)cc(C=CC(=O)c2ccc(O)c(OC)c2)cc1OC. The maximum atomic E-state index is 12.3. The van der Waals surface area contributed by atoms with Crippen LogP contribution in [0.3, 0.4) is 0 Å². The third-order valence-corrected chi connectivity index (χ3v) is 4.02. The molecular formula is C19H19BrO5. The third-order valence-electron chi connectivity index (χ3n) is 3.43. The van der Waals surface area contributed by atoms with Gasteiger partial charge in [0.1, 0.15) is 0 Å². The van der Waals surface area contributed by atoms with Crippen LogP contribution in [0.2, 0.25) is 0 Å². The first kappa shape index (κ1) is 18.9. The number of phenols is 1. The van der Waals surface area contributed by atoms with E-state index in [1.807, 2.05) is 13.0 Å². The highest BCUT2D eigenvalue weighted by molar-refractivity contribution is 9.10. The Kier molecular flexibility index (Phi) is 6.47. The van der Waals surface area contributed by atoms with Crippen molar-refractivity contribution in [2.45, 2.75) is 6.92 Å². The molecule has 0 aliphatic heterocycles. The molecule has 0 aliphatic carbocycles. The van der Waals surface area contributed by atoms with E-state index >= 15 is 0 Å². The molecule has 0 saturated heterocycles. The van der Waals surface area contributed by atoms with Crippen molar-refractivity contribution in [3.63, 3.8) is 0 Å². The van der Waals surface area contributed by atoms with Crippen LogP contribution in [0.1, 0.15) is 22.8 Å². The van der Waals surface area contributed by atoms with E-state index in [2.05, 4.69) is 15.9 Å². The summed E-state index contributed by atoms with van der Waals surface area (Å²) in [6.07, 6.45) is 3.14. The Hall–Kier alpha value is -2.47. The summed E-state index contributed by atoms with van der Waals surface area (Å²) in [6, 6.07) is 8.10. The van der Waals surface area contributed by atoms with Crippen molar-refractivity contribution in [1.82, 2.24) is 0 Å². The van der Waals surface area contributed by atoms with Crippen molar-refractivity contribution in [2.75, 3.05) is 20.8 Å². The predicted molar refractivity (Wildman–Crippen MR) is 99.9 cm³/mol. The van der Waals surface area contributed by atoms with E-state index in [4.69, 9.17) is 14.2 Å². The number of hydrogen-bond acceptors (Lipinski definition) is 5. The minimum Gasteiger partial charge on any atom is -0.504 e. The lowest BCUT2D eigenvalue weighted by Crippen LogP contribution is -1.97. The Morgan fingerprint density at radius 2 is 1.88 bits per heavy atom. The molecule has 0 aliphatic rings. The number of hydrogen-bond donors (Lipinski definition) is 1. The monoisotopic (exact) mass is 406 g/mol. The van der Waals surface area contributed by atoms with Crippen molar-refractivity contribution >= 4 is 27.8 Å². The largest absolute Gasteiger partial charge is 0.504 e. The van der Waals surface area contributed by atoms with Gasteiger partial charge in [0.25, 0.3) is 0 Å². The fourth-order valence-corrected chi connectivity index (χ4v) is 2.79. The van der Waals surface area contributed by atoms with Gasteiger partial charge in [-0.2, -0.15) is 0 Å². The summed E-state index contributed by atoms with van der Waals surface area (Å²) in [5.41, 5.74) is 1.20. The Balaban J connectivity index is 2.26. The molecule has 2 aromatic carbocycles. The maximum absolute atomic E-state index is 12.3. The van der Waals surface area contributed by atoms with Gasteiger partial charge in [0.05, 0.1) is 25.3 Å². The molecule has 0 fully saturated rings. The van der Waals surface area contributed by atoms with Gasteiger partial charge in [0, 0.05) is 5.56 Å². The number of ketones is 1. The number of rotatable bonds is 7. The van der Waals surface area contributed by atoms with Crippen molar-refractivity contribution in [3.8, 4) is 23.0 Å². The molecule has 132 valence electrons. The topological polar surface area (TPSA) is 65.0 Å². The number of methoxy groups -OCH3 is 2. The van der Waals surface area contributed by atoms with Gasteiger partial charge in [0.15, 0.2) is 28.8 Å². The summed E-state index contributed by atoms with van der Waals surface area (Å²) in [7, 11) is 2.99. The van der Waals surface area contributed by atoms with E-state index in [1.54, 1.807) is 25.3 Å². The summed E-state index contributed by atoms with van der Waals surface area (Å²) in [5, 5.41) is 9.60. The smallest absolute Gasteiger partial charge is 0.185 e. The number of carbonyl (C=O) groups excluding carboxylic acids is 1. The Morgan fingerprint density at radius 3 is 2.52 bits per heavy atom. The van der Waals surface area contributed by atoms with Crippen LogP contribution in [-0.4, -0.2) is 31.7 Å². The van der Waals surface area contributed by atoms with E-state index in [0.717, 1.165) is 10.0 Å². The van der Waals surface area contributed by atoms with Gasteiger partial charge < -0.3 is 19.3 Å². The summed E-state index contributed by atoms with van der Waals surface area (Å²) >= 11 is 3.45. The van der Waals surface area contributed by atoms with E-state index in [9.17, 15) is 9.90 Å². The third kappa shape index (κ3) is 4.54. The molecule has 6 heteroatoms. The molecule has 0 bridgehead atoms. The molecule has 0 radical (unpaired) electrons. The van der Waals surface area contributed by atoms with Crippen molar-refractivity contribution in [3.05, 3.63) is 52.0 Å². The molecule has 25 heavy (non-hydrogen) atoms. The quantitative estimate of drug-likeness (QED) is 0.542. The first-order valence-corrected chi connectivity index (χ1v) is 8.39. The minimum absolute atomic E-state index is 0.0109. The molecule has 0 aromatic heterocycles. The normalized spacial score (nSPS) is 10.7. The molecule has 0 unspecified atom stereocenters. The Labute approximate surface area is 155 Å². The van der Waals surface area contributed by atoms with E-state index in [0.29, 0.717) is 23.7 Å². The van der Waals surface area contributed by atoms with Crippen LogP contribution in [0.15, 0.2) is 40.9 Å². The fourth-order valence-electron chi connectivity index (χ4n) is 2.22. The van der Waals surface area contributed by atoms with Crippen LogP contribution >= 0.6 is 15.9 Å². The van der Waals surface area contributed by atoms with Gasteiger partial charge >= 0.3 is 0 Å². The second-order valence-corrected chi connectivity index (χ2v) is 5.91. The van der Waals surface area contributed by atoms with Crippen LogP contribution in [0.4, 0.5) is 0 Å². The number of carbonyl (C=O) groups is 1. The lowest BCUT2D eigenvalue weighted by atomic mass is 10.1. The molecule has 0 spiro atoms. The van der Waals surface area contributed by atoms with Crippen molar-refractivity contribution in [1.29, 1.82) is 0 Å². The average Bonchev–Trinajstić information content (AvgIpc) is 2.61. The molecule has 0 amide bonds. The number of ether oxygens (including phenoxy) is 3. The predicted octanol–water partition coefficient (Wildman–Crippen LogP) is 4.47. The first-order valence-electron chi connectivity index (χ1n) is 7.59. The lowest BCUT2D eigenvalue weighted by Gasteiger charge is -2.12. The zero-order chi connectivity index (χ0) is 18.4. The summed E-state index contributed by atoms with van der Waals surface area (Å²) < 4.78 is 16.6. The van der Waals surface area contributed by atoms with E-state index in [-0.39, 0.29) is 17.3 Å². The summed E-state index contributed by atoms with van der Waals surface area (Å²) in [4.78, 5) is 12.3. The number of phenolic OH excluding ortho intramolecular Hbond substituents is 1. The molecule has 0 atom stereocenters. The highest BCUT2D eigenvalue weighted by Gasteiger charge is 2.11.